The lowest BCUT2D eigenvalue weighted by molar-refractivity contribution is 0.0224. The van der Waals surface area contributed by atoms with Gasteiger partial charge in [0.05, 0.1) is 5.56 Å². The van der Waals surface area contributed by atoms with Crippen LogP contribution in [0.1, 0.15) is 76.3 Å². The topological polar surface area (TPSA) is 38.8 Å². The Balaban J connectivity index is 1.38. The van der Waals surface area contributed by atoms with Gasteiger partial charge in [-0.25, -0.2) is 4.79 Å². The largest absolute Gasteiger partial charge is 0.456 e. The molecule has 43 heavy (non-hydrogen) atoms. The predicted molar refractivity (Wildman–Crippen MR) is 171 cm³/mol. The Kier molecular flexibility index (Phi) is 6.98. The molecular weight excluding hydrogens is 530 g/mol. The molecule has 0 bridgehead atoms. The molecule has 0 fully saturated rings. The maximum absolute atomic E-state index is 13.3. The standard InChI is InChI=1S/C39H35NO3/c1-3-29(4-2)30-19-21-34-36(23-30)42-37-24-31(20-22-35(37)39(34)33-18-12-11-17-32(33)38(41)43-39)40(25-27-13-7-5-8-14-27)26-28-15-9-6-10-16-28/h5-24,29H,3-4,25-26H2,1-2H3. The van der Waals surface area contributed by atoms with Crippen molar-refractivity contribution in [3.05, 3.63) is 160 Å². The van der Waals surface area contributed by atoms with E-state index in [4.69, 9.17) is 9.47 Å². The van der Waals surface area contributed by atoms with E-state index in [1.54, 1.807) is 0 Å². The highest BCUT2D eigenvalue weighted by Gasteiger charge is 2.53. The molecule has 0 saturated heterocycles. The lowest BCUT2D eigenvalue weighted by Gasteiger charge is -2.37. The van der Waals surface area contributed by atoms with Gasteiger partial charge in [0.15, 0.2) is 5.60 Å². The first-order chi connectivity index (χ1) is 21.1. The molecule has 2 aliphatic heterocycles. The Morgan fingerprint density at radius 1 is 0.651 bits per heavy atom. The lowest BCUT2D eigenvalue weighted by atomic mass is 9.77. The van der Waals surface area contributed by atoms with Crippen LogP contribution in [0.5, 0.6) is 11.5 Å². The van der Waals surface area contributed by atoms with Crippen molar-refractivity contribution in [3.63, 3.8) is 0 Å². The molecule has 0 aliphatic carbocycles. The van der Waals surface area contributed by atoms with Crippen LogP contribution < -0.4 is 9.64 Å². The Morgan fingerprint density at radius 3 is 1.88 bits per heavy atom. The van der Waals surface area contributed by atoms with Gasteiger partial charge in [-0.1, -0.05) is 105 Å². The van der Waals surface area contributed by atoms with Gasteiger partial charge in [0.25, 0.3) is 0 Å². The van der Waals surface area contributed by atoms with Gasteiger partial charge in [-0.2, -0.15) is 0 Å². The van der Waals surface area contributed by atoms with Crippen molar-refractivity contribution in [2.24, 2.45) is 0 Å². The quantitative estimate of drug-likeness (QED) is 0.176. The summed E-state index contributed by atoms with van der Waals surface area (Å²) in [6, 6.07) is 41.6. The van der Waals surface area contributed by atoms with Crippen LogP contribution in [0.3, 0.4) is 0 Å². The summed E-state index contributed by atoms with van der Waals surface area (Å²) in [6.07, 6.45) is 2.10. The van der Waals surface area contributed by atoms with E-state index in [1.807, 2.05) is 36.4 Å². The summed E-state index contributed by atoms with van der Waals surface area (Å²) in [5.41, 5.74) is 6.85. The molecule has 2 aliphatic rings. The molecule has 4 heteroatoms. The lowest BCUT2D eigenvalue weighted by Crippen LogP contribution is -2.33. The van der Waals surface area contributed by atoms with E-state index in [2.05, 4.69) is 104 Å². The second-order valence-corrected chi connectivity index (χ2v) is 11.5. The van der Waals surface area contributed by atoms with Crippen molar-refractivity contribution < 1.29 is 14.3 Å². The highest BCUT2D eigenvalue weighted by Crippen LogP contribution is 2.57. The Hall–Kier alpha value is -4.83. The first-order valence-corrected chi connectivity index (χ1v) is 15.2. The zero-order chi connectivity index (χ0) is 29.4. The fourth-order valence-electron chi connectivity index (χ4n) is 6.74. The van der Waals surface area contributed by atoms with Crippen molar-refractivity contribution >= 4 is 11.7 Å². The smallest absolute Gasteiger partial charge is 0.340 e. The molecular formula is C39H35NO3. The third-order valence-electron chi connectivity index (χ3n) is 8.98. The van der Waals surface area contributed by atoms with Crippen LogP contribution in [0.25, 0.3) is 0 Å². The normalized spacial score (nSPS) is 16.3. The molecule has 214 valence electrons. The van der Waals surface area contributed by atoms with Gasteiger partial charge in [-0.05, 0) is 59.7 Å². The van der Waals surface area contributed by atoms with E-state index in [9.17, 15) is 4.79 Å². The number of anilines is 1. The van der Waals surface area contributed by atoms with Gasteiger partial charge in [-0.3, -0.25) is 0 Å². The summed E-state index contributed by atoms with van der Waals surface area (Å²) in [5, 5.41) is 0. The molecule has 5 aromatic carbocycles. The van der Waals surface area contributed by atoms with Crippen LogP contribution in [-0.2, 0) is 23.4 Å². The summed E-state index contributed by atoms with van der Waals surface area (Å²) in [6.45, 7) is 5.93. The van der Waals surface area contributed by atoms with Crippen molar-refractivity contribution in [3.8, 4) is 11.5 Å². The highest BCUT2D eigenvalue weighted by molar-refractivity contribution is 5.97. The third-order valence-corrected chi connectivity index (χ3v) is 8.98. The predicted octanol–water partition coefficient (Wildman–Crippen LogP) is 9.37. The number of benzene rings is 5. The van der Waals surface area contributed by atoms with E-state index >= 15 is 0 Å². The zero-order valence-electron chi connectivity index (χ0n) is 24.6. The van der Waals surface area contributed by atoms with Crippen LogP contribution in [0.2, 0.25) is 0 Å². The summed E-state index contributed by atoms with van der Waals surface area (Å²) >= 11 is 0. The van der Waals surface area contributed by atoms with Crippen LogP contribution in [0.15, 0.2) is 121 Å². The monoisotopic (exact) mass is 565 g/mol. The van der Waals surface area contributed by atoms with Crippen LogP contribution in [0, 0.1) is 0 Å². The fourth-order valence-corrected chi connectivity index (χ4v) is 6.74. The second kappa shape index (κ2) is 11.1. The minimum absolute atomic E-state index is 0.308. The van der Waals surface area contributed by atoms with E-state index in [1.165, 1.54) is 16.7 Å². The molecule has 4 nitrogen and oxygen atoms in total. The van der Waals surface area contributed by atoms with Crippen LogP contribution in [-0.4, -0.2) is 5.97 Å². The molecule has 0 saturated carbocycles. The number of fused-ring (bicyclic) bond motifs is 6. The van der Waals surface area contributed by atoms with Gasteiger partial charge in [0.2, 0.25) is 0 Å². The van der Waals surface area contributed by atoms with Gasteiger partial charge >= 0.3 is 5.97 Å². The van der Waals surface area contributed by atoms with E-state index in [0.29, 0.717) is 17.2 Å². The Labute approximate surface area is 253 Å². The van der Waals surface area contributed by atoms with E-state index in [-0.39, 0.29) is 5.97 Å². The van der Waals surface area contributed by atoms with Crippen molar-refractivity contribution in [2.45, 2.75) is 51.3 Å². The molecule has 0 aromatic heterocycles. The first-order valence-electron chi connectivity index (χ1n) is 15.2. The minimum Gasteiger partial charge on any atom is -0.456 e. The molecule has 1 unspecified atom stereocenters. The summed E-state index contributed by atoms with van der Waals surface area (Å²) in [7, 11) is 0. The zero-order valence-corrected chi connectivity index (χ0v) is 24.6. The van der Waals surface area contributed by atoms with Crippen molar-refractivity contribution in [1.82, 2.24) is 0 Å². The van der Waals surface area contributed by atoms with E-state index in [0.717, 1.165) is 54.1 Å². The van der Waals surface area contributed by atoms with Crippen LogP contribution in [0.4, 0.5) is 5.69 Å². The number of ether oxygens (including phenoxy) is 2. The van der Waals surface area contributed by atoms with Crippen molar-refractivity contribution in [2.75, 3.05) is 4.90 Å². The molecule has 5 aromatic rings. The average molecular weight is 566 g/mol. The number of rotatable bonds is 8. The second-order valence-electron chi connectivity index (χ2n) is 11.5. The number of hydrogen-bond acceptors (Lipinski definition) is 4. The summed E-state index contributed by atoms with van der Waals surface area (Å²) in [4.78, 5) is 15.7. The number of hydrogen-bond donors (Lipinski definition) is 0. The van der Waals surface area contributed by atoms with Crippen molar-refractivity contribution in [1.29, 1.82) is 0 Å². The molecule has 0 N–H and O–H groups in total. The van der Waals surface area contributed by atoms with Gasteiger partial charge < -0.3 is 14.4 Å². The summed E-state index contributed by atoms with van der Waals surface area (Å²) in [5.74, 6) is 1.58. The van der Waals surface area contributed by atoms with Gasteiger partial charge in [-0.15, -0.1) is 0 Å². The molecule has 0 amide bonds. The SMILES string of the molecule is CCC(CC)c1ccc2c(c1)Oc1cc(N(Cc3ccccc3)Cc3ccccc3)ccc1C21OC(=O)c2ccccc21. The number of nitrogens with zero attached hydrogens (tertiary/aromatic N) is 1. The van der Waals surface area contributed by atoms with Gasteiger partial charge in [0.1, 0.15) is 11.5 Å². The number of carbonyl (C=O) groups is 1. The minimum atomic E-state index is -1.06. The van der Waals surface area contributed by atoms with Gasteiger partial charge in [0, 0.05) is 41.5 Å². The average Bonchev–Trinajstić information content (AvgIpc) is 3.34. The van der Waals surface area contributed by atoms with E-state index < -0.39 is 5.60 Å². The fraction of sp³-hybridized carbons (Fsp3) is 0.205. The third kappa shape index (κ3) is 4.67. The first kappa shape index (κ1) is 27.0. The summed E-state index contributed by atoms with van der Waals surface area (Å²) < 4.78 is 13.2. The molecule has 7 rings (SSSR count). The maximum atomic E-state index is 13.3. The number of carbonyl (C=O) groups excluding carboxylic acids is 1. The molecule has 2 heterocycles. The molecule has 1 atom stereocenters. The Morgan fingerprint density at radius 2 is 1.23 bits per heavy atom. The number of esters is 1. The molecule has 0 radical (unpaired) electrons. The molecule has 1 spiro atoms. The maximum Gasteiger partial charge on any atom is 0.340 e. The highest BCUT2D eigenvalue weighted by atomic mass is 16.6. The van der Waals surface area contributed by atoms with Crippen LogP contribution >= 0.6 is 0 Å². The Bertz CT molecular complexity index is 1740.